The van der Waals surface area contributed by atoms with Crippen LogP contribution in [0.25, 0.3) is 0 Å². The Labute approximate surface area is 122 Å². The van der Waals surface area contributed by atoms with E-state index in [9.17, 15) is 0 Å². The van der Waals surface area contributed by atoms with E-state index >= 15 is 0 Å². The van der Waals surface area contributed by atoms with Crippen LogP contribution in [0.3, 0.4) is 0 Å². The number of para-hydroxylation sites is 1. The Kier molecular flexibility index (Phi) is 5.43. The van der Waals surface area contributed by atoms with Crippen LogP contribution in [0.5, 0.6) is 5.75 Å². The van der Waals surface area contributed by atoms with Crippen LogP contribution in [0.2, 0.25) is 0 Å². The number of hydrogen-bond acceptors (Lipinski definition) is 3. The predicted molar refractivity (Wildman–Crippen MR) is 80.7 cm³/mol. The standard InChI is InChI=1S/C17H24N2O/c1-14-8-9-15(2)19(13-14)10-5-11-20-17-7-4-3-6-16(17)12-18/h3-4,6-7,14-15H,5,8-11,13H2,1-2H3. The van der Waals surface area contributed by atoms with Gasteiger partial charge in [-0.25, -0.2) is 0 Å². The largest absolute Gasteiger partial charge is 0.492 e. The lowest BCUT2D eigenvalue weighted by Gasteiger charge is -2.36. The molecule has 1 aromatic rings. The molecular formula is C17H24N2O. The molecule has 1 aliphatic heterocycles. The van der Waals surface area contributed by atoms with Crippen LogP contribution >= 0.6 is 0 Å². The van der Waals surface area contributed by atoms with Crippen molar-refractivity contribution >= 4 is 0 Å². The molecule has 0 spiro atoms. The zero-order valence-electron chi connectivity index (χ0n) is 12.5. The first-order valence-corrected chi connectivity index (χ1v) is 7.56. The summed E-state index contributed by atoms with van der Waals surface area (Å²) in [6.45, 7) is 7.61. The summed E-state index contributed by atoms with van der Waals surface area (Å²) in [6.07, 6.45) is 3.67. The minimum absolute atomic E-state index is 0.618. The molecule has 0 saturated carbocycles. The van der Waals surface area contributed by atoms with Crippen LogP contribution in [0.1, 0.15) is 38.7 Å². The van der Waals surface area contributed by atoms with Crippen LogP contribution < -0.4 is 4.74 Å². The highest BCUT2D eigenvalue weighted by Crippen LogP contribution is 2.21. The zero-order valence-corrected chi connectivity index (χ0v) is 12.5. The smallest absolute Gasteiger partial charge is 0.137 e. The number of piperidine rings is 1. The van der Waals surface area contributed by atoms with Crippen LogP contribution in [-0.2, 0) is 0 Å². The highest BCUT2D eigenvalue weighted by molar-refractivity contribution is 5.42. The Hall–Kier alpha value is -1.53. The van der Waals surface area contributed by atoms with Crippen LogP contribution in [0, 0.1) is 17.2 Å². The van der Waals surface area contributed by atoms with E-state index in [2.05, 4.69) is 24.8 Å². The van der Waals surface area contributed by atoms with Crippen molar-refractivity contribution in [2.75, 3.05) is 19.7 Å². The molecule has 2 atom stereocenters. The molecule has 0 amide bonds. The Bertz CT molecular complexity index is 466. The normalized spacial score (nSPS) is 23.2. The van der Waals surface area contributed by atoms with Crippen molar-refractivity contribution in [3.8, 4) is 11.8 Å². The number of benzene rings is 1. The lowest BCUT2D eigenvalue weighted by atomic mass is 9.95. The van der Waals surface area contributed by atoms with Gasteiger partial charge in [0.25, 0.3) is 0 Å². The average molecular weight is 272 g/mol. The molecule has 3 nitrogen and oxygen atoms in total. The number of ether oxygens (including phenoxy) is 1. The van der Waals surface area contributed by atoms with E-state index < -0.39 is 0 Å². The Morgan fingerprint density at radius 3 is 2.90 bits per heavy atom. The zero-order chi connectivity index (χ0) is 14.4. The highest BCUT2D eigenvalue weighted by Gasteiger charge is 2.21. The molecule has 0 N–H and O–H groups in total. The molecular weight excluding hydrogens is 248 g/mol. The summed E-state index contributed by atoms with van der Waals surface area (Å²) in [5, 5.41) is 9.00. The maximum atomic E-state index is 9.00. The van der Waals surface area contributed by atoms with Gasteiger partial charge >= 0.3 is 0 Å². The topological polar surface area (TPSA) is 36.3 Å². The van der Waals surface area contributed by atoms with E-state index in [4.69, 9.17) is 10.00 Å². The maximum Gasteiger partial charge on any atom is 0.137 e. The van der Waals surface area contributed by atoms with E-state index in [-0.39, 0.29) is 0 Å². The molecule has 3 heteroatoms. The summed E-state index contributed by atoms with van der Waals surface area (Å²) < 4.78 is 5.73. The fraction of sp³-hybridized carbons (Fsp3) is 0.588. The third-order valence-electron chi connectivity index (χ3n) is 4.10. The summed E-state index contributed by atoms with van der Waals surface area (Å²) >= 11 is 0. The Balaban J connectivity index is 1.75. The van der Waals surface area contributed by atoms with Crippen molar-refractivity contribution in [2.45, 2.75) is 39.2 Å². The SMILES string of the molecule is CC1CCC(C)N(CCCOc2ccccc2C#N)C1. The third-order valence-corrected chi connectivity index (χ3v) is 4.10. The first-order chi connectivity index (χ1) is 9.70. The van der Waals surface area contributed by atoms with Crippen LogP contribution in [-0.4, -0.2) is 30.6 Å². The monoisotopic (exact) mass is 272 g/mol. The van der Waals surface area contributed by atoms with Crippen LogP contribution in [0.15, 0.2) is 24.3 Å². The second kappa shape index (κ2) is 7.31. The van der Waals surface area contributed by atoms with Gasteiger partial charge in [-0.15, -0.1) is 0 Å². The molecule has 1 aliphatic rings. The summed E-state index contributed by atoms with van der Waals surface area (Å²) in [7, 11) is 0. The number of likely N-dealkylation sites (tertiary alicyclic amines) is 1. The molecule has 0 aromatic heterocycles. The van der Waals surface area contributed by atoms with Crippen molar-refractivity contribution in [2.24, 2.45) is 5.92 Å². The van der Waals surface area contributed by atoms with Gasteiger partial charge in [-0.05, 0) is 44.2 Å². The second-order valence-electron chi connectivity index (χ2n) is 5.84. The van der Waals surface area contributed by atoms with Crippen molar-refractivity contribution < 1.29 is 4.74 Å². The van der Waals surface area contributed by atoms with Gasteiger partial charge in [-0.1, -0.05) is 19.1 Å². The molecule has 0 bridgehead atoms. The quantitative estimate of drug-likeness (QED) is 0.770. The van der Waals surface area contributed by atoms with Gasteiger partial charge in [-0.3, -0.25) is 0 Å². The van der Waals surface area contributed by atoms with Gasteiger partial charge in [0.1, 0.15) is 11.8 Å². The molecule has 1 saturated heterocycles. The molecule has 20 heavy (non-hydrogen) atoms. The predicted octanol–water partition coefficient (Wildman–Crippen LogP) is 3.45. The average Bonchev–Trinajstić information content (AvgIpc) is 2.47. The summed E-state index contributed by atoms with van der Waals surface area (Å²) in [5.41, 5.74) is 0.618. The first-order valence-electron chi connectivity index (χ1n) is 7.56. The van der Waals surface area contributed by atoms with E-state index in [1.54, 1.807) is 6.07 Å². The summed E-state index contributed by atoms with van der Waals surface area (Å²) in [5.74, 6) is 1.52. The van der Waals surface area contributed by atoms with Gasteiger partial charge in [0.2, 0.25) is 0 Å². The second-order valence-corrected chi connectivity index (χ2v) is 5.84. The molecule has 1 heterocycles. The van der Waals surface area contributed by atoms with Crippen LogP contribution in [0.4, 0.5) is 0 Å². The van der Waals surface area contributed by atoms with E-state index in [0.29, 0.717) is 24.0 Å². The minimum Gasteiger partial charge on any atom is -0.492 e. The molecule has 108 valence electrons. The number of nitrogens with zero attached hydrogens (tertiary/aromatic N) is 2. The van der Waals surface area contributed by atoms with Gasteiger partial charge in [0.05, 0.1) is 12.2 Å². The van der Waals surface area contributed by atoms with Gasteiger partial charge in [-0.2, -0.15) is 5.26 Å². The van der Waals surface area contributed by atoms with E-state index in [0.717, 1.165) is 18.9 Å². The highest BCUT2D eigenvalue weighted by atomic mass is 16.5. The Morgan fingerprint density at radius 2 is 2.10 bits per heavy atom. The summed E-state index contributed by atoms with van der Waals surface area (Å²) in [4.78, 5) is 2.56. The van der Waals surface area contributed by atoms with Crippen molar-refractivity contribution in [3.63, 3.8) is 0 Å². The lowest BCUT2D eigenvalue weighted by molar-refractivity contribution is 0.116. The number of nitriles is 1. The first kappa shape index (κ1) is 14.9. The summed E-state index contributed by atoms with van der Waals surface area (Å²) in [6, 6.07) is 10.3. The lowest BCUT2D eigenvalue weighted by Crippen LogP contribution is -2.41. The third kappa shape index (κ3) is 3.98. The Morgan fingerprint density at radius 1 is 1.30 bits per heavy atom. The fourth-order valence-corrected chi connectivity index (χ4v) is 2.83. The molecule has 1 fully saturated rings. The van der Waals surface area contributed by atoms with Gasteiger partial charge in [0, 0.05) is 19.1 Å². The molecule has 0 aliphatic carbocycles. The maximum absolute atomic E-state index is 9.00. The van der Waals surface area contributed by atoms with E-state index in [1.165, 1.54) is 19.4 Å². The fourth-order valence-electron chi connectivity index (χ4n) is 2.83. The number of rotatable bonds is 5. The molecule has 0 radical (unpaired) electrons. The van der Waals surface area contributed by atoms with Crippen molar-refractivity contribution in [1.82, 2.24) is 4.90 Å². The minimum atomic E-state index is 0.618. The van der Waals surface area contributed by atoms with Gasteiger partial charge < -0.3 is 9.64 Å². The number of hydrogen-bond donors (Lipinski definition) is 0. The molecule has 2 unspecified atom stereocenters. The van der Waals surface area contributed by atoms with E-state index in [1.807, 2.05) is 18.2 Å². The molecule has 1 aromatic carbocycles. The van der Waals surface area contributed by atoms with Gasteiger partial charge in [0.15, 0.2) is 0 Å². The van der Waals surface area contributed by atoms with Crippen molar-refractivity contribution in [3.05, 3.63) is 29.8 Å². The molecule has 2 rings (SSSR count). The van der Waals surface area contributed by atoms with Crippen molar-refractivity contribution in [1.29, 1.82) is 5.26 Å².